The second-order valence-electron chi connectivity index (χ2n) is 5.40. The number of carboxylic acids is 1. The van der Waals surface area contributed by atoms with E-state index in [4.69, 9.17) is 5.11 Å². The Kier molecular flexibility index (Phi) is 7.20. The highest BCUT2D eigenvalue weighted by Gasteiger charge is 2.15. The van der Waals surface area contributed by atoms with Gasteiger partial charge in [-0.15, -0.1) is 5.10 Å². The maximum absolute atomic E-state index is 11.6. The lowest BCUT2D eigenvalue weighted by Gasteiger charge is -2.18. The van der Waals surface area contributed by atoms with Gasteiger partial charge in [-0.3, -0.25) is 9.48 Å². The Morgan fingerprint density at radius 1 is 1.33 bits per heavy atom. The zero-order chi connectivity index (χ0) is 15.7. The van der Waals surface area contributed by atoms with E-state index >= 15 is 0 Å². The van der Waals surface area contributed by atoms with Crippen molar-refractivity contribution in [2.45, 2.75) is 33.2 Å². The topological polar surface area (TPSA) is 109 Å². The highest BCUT2D eigenvalue weighted by molar-refractivity contribution is 5.74. The molecule has 0 aromatic carbocycles. The number of aliphatic carboxylic acids is 1. The molecule has 0 aliphatic rings. The second kappa shape index (κ2) is 8.93. The zero-order valence-corrected chi connectivity index (χ0v) is 12.5. The highest BCUT2D eigenvalue weighted by Crippen LogP contribution is 2.14. The first-order valence-corrected chi connectivity index (χ1v) is 7.05. The predicted molar refractivity (Wildman–Crippen MR) is 76.6 cm³/mol. The van der Waals surface area contributed by atoms with E-state index in [2.05, 4.69) is 20.9 Å². The molecule has 0 spiro atoms. The summed E-state index contributed by atoms with van der Waals surface area (Å²) in [5, 5.41) is 21.7. The summed E-state index contributed by atoms with van der Waals surface area (Å²) in [6, 6.07) is -0.297. The molecule has 1 heterocycles. The van der Waals surface area contributed by atoms with Crippen LogP contribution in [0.25, 0.3) is 0 Å². The highest BCUT2D eigenvalue weighted by atomic mass is 16.4. The molecule has 8 nitrogen and oxygen atoms in total. The number of carbonyl (C=O) groups excluding carboxylic acids is 1. The minimum Gasteiger partial charge on any atom is -0.481 e. The second-order valence-corrected chi connectivity index (χ2v) is 5.40. The van der Waals surface area contributed by atoms with Gasteiger partial charge in [-0.25, -0.2) is 4.79 Å². The van der Waals surface area contributed by atoms with Crippen molar-refractivity contribution in [2.24, 2.45) is 11.8 Å². The maximum Gasteiger partial charge on any atom is 0.314 e. The molecule has 0 aliphatic heterocycles. The van der Waals surface area contributed by atoms with Crippen LogP contribution in [0.2, 0.25) is 0 Å². The molecule has 21 heavy (non-hydrogen) atoms. The first-order valence-electron chi connectivity index (χ1n) is 7.05. The third-order valence-corrected chi connectivity index (χ3v) is 2.92. The van der Waals surface area contributed by atoms with Crippen LogP contribution in [-0.4, -0.2) is 45.2 Å². The number of nitrogens with zero attached hydrogens (tertiary/aromatic N) is 3. The van der Waals surface area contributed by atoms with Crippen molar-refractivity contribution < 1.29 is 14.7 Å². The summed E-state index contributed by atoms with van der Waals surface area (Å²) >= 11 is 0. The standard InChI is InChI=1S/C13H23N5O3/c1-10(2)7-11(8-12(19)20)9-15-13(21)14-3-5-18-6-4-16-17-18/h4,6,10-11H,3,5,7-9H2,1-2H3,(H,19,20)(H2,14,15,21). The summed E-state index contributed by atoms with van der Waals surface area (Å²) in [7, 11) is 0. The molecule has 1 atom stereocenters. The molecule has 8 heteroatoms. The minimum atomic E-state index is -0.839. The summed E-state index contributed by atoms with van der Waals surface area (Å²) < 4.78 is 1.62. The molecule has 118 valence electrons. The Morgan fingerprint density at radius 3 is 2.67 bits per heavy atom. The molecule has 0 aliphatic carbocycles. The van der Waals surface area contributed by atoms with Crippen molar-refractivity contribution in [3.05, 3.63) is 12.4 Å². The average Bonchev–Trinajstić information content (AvgIpc) is 2.88. The third kappa shape index (κ3) is 7.91. The van der Waals surface area contributed by atoms with Gasteiger partial charge in [0, 0.05) is 25.7 Å². The molecule has 2 amide bonds. The normalized spacial score (nSPS) is 12.1. The quantitative estimate of drug-likeness (QED) is 0.622. The van der Waals surface area contributed by atoms with Crippen molar-refractivity contribution in [3.8, 4) is 0 Å². The van der Waals surface area contributed by atoms with Crippen LogP contribution in [0.4, 0.5) is 4.79 Å². The van der Waals surface area contributed by atoms with E-state index in [1.165, 1.54) is 0 Å². The van der Waals surface area contributed by atoms with E-state index in [0.29, 0.717) is 25.6 Å². The fraction of sp³-hybridized carbons (Fsp3) is 0.692. The fourth-order valence-electron chi connectivity index (χ4n) is 2.09. The first-order chi connectivity index (χ1) is 9.97. The largest absolute Gasteiger partial charge is 0.481 e. The van der Waals surface area contributed by atoms with Crippen LogP contribution in [-0.2, 0) is 11.3 Å². The minimum absolute atomic E-state index is 0.0523. The van der Waals surface area contributed by atoms with Crippen molar-refractivity contribution in [1.82, 2.24) is 25.6 Å². The Labute approximate surface area is 123 Å². The van der Waals surface area contributed by atoms with Crippen LogP contribution in [0.1, 0.15) is 26.7 Å². The smallest absolute Gasteiger partial charge is 0.314 e. The molecule has 1 unspecified atom stereocenters. The lowest BCUT2D eigenvalue weighted by Crippen LogP contribution is -2.40. The van der Waals surface area contributed by atoms with Crippen LogP contribution >= 0.6 is 0 Å². The number of carbonyl (C=O) groups is 2. The number of aromatic nitrogens is 3. The Bertz CT molecular complexity index is 433. The number of hydrogen-bond acceptors (Lipinski definition) is 4. The van der Waals surface area contributed by atoms with Crippen molar-refractivity contribution in [3.63, 3.8) is 0 Å². The van der Waals surface area contributed by atoms with Gasteiger partial charge >= 0.3 is 12.0 Å². The molecule has 0 fully saturated rings. The summed E-state index contributed by atoms with van der Waals surface area (Å²) in [5.41, 5.74) is 0. The molecule has 0 saturated carbocycles. The van der Waals surface area contributed by atoms with E-state index in [1.807, 2.05) is 13.8 Å². The van der Waals surface area contributed by atoms with Crippen molar-refractivity contribution in [2.75, 3.05) is 13.1 Å². The maximum atomic E-state index is 11.6. The Balaban J connectivity index is 2.23. The van der Waals surface area contributed by atoms with E-state index in [9.17, 15) is 9.59 Å². The van der Waals surface area contributed by atoms with Gasteiger partial charge in [-0.1, -0.05) is 19.1 Å². The number of hydrogen-bond donors (Lipinski definition) is 3. The number of carboxylic acid groups (broad SMARTS) is 1. The molecule has 3 N–H and O–H groups in total. The van der Waals surface area contributed by atoms with E-state index in [-0.39, 0.29) is 18.4 Å². The summed E-state index contributed by atoms with van der Waals surface area (Å²) in [4.78, 5) is 22.4. The van der Waals surface area contributed by atoms with Crippen LogP contribution < -0.4 is 10.6 Å². The number of rotatable bonds is 9. The van der Waals surface area contributed by atoms with E-state index in [1.54, 1.807) is 17.1 Å². The zero-order valence-electron chi connectivity index (χ0n) is 12.5. The van der Waals surface area contributed by atoms with Gasteiger partial charge < -0.3 is 15.7 Å². The lowest BCUT2D eigenvalue weighted by atomic mass is 9.94. The first kappa shape index (κ1) is 16.9. The lowest BCUT2D eigenvalue weighted by molar-refractivity contribution is -0.138. The molecule has 1 aromatic heterocycles. The van der Waals surface area contributed by atoms with Gasteiger partial charge in [0.25, 0.3) is 0 Å². The van der Waals surface area contributed by atoms with E-state index < -0.39 is 5.97 Å². The summed E-state index contributed by atoms with van der Waals surface area (Å²) in [6.45, 7) is 5.40. The molecule has 0 saturated heterocycles. The Morgan fingerprint density at radius 2 is 2.10 bits per heavy atom. The van der Waals surface area contributed by atoms with Crippen molar-refractivity contribution >= 4 is 12.0 Å². The molecular weight excluding hydrogens is 274 g/mol. The molecule has 1 rings (SSSR count). The van der Waals surface area contributed by atoms with Gasteiger partial charge in [-0.2, -0.15) is 0 Å². The molecular formula is C13H23N5O3. The van der Waals surface area contributed by atoms with Crippen LogP contribution in [0.5, 0.6) is 0 Å². The van der Waals surface area contributed by atoms with Crippen molar-refractivity contribution in [1.29, 1.82) is 0 Å². The SMILES string of the molecule is CC(C)CC(CNC(=O)NCCn1ccnn1)CC(=O)O. The van der Waals surface area contributed by atoms with Gasteiger partial charge in [0.15, 0.2) is 0 Å². The molecule has 1 aromatic rings. The predicted octanol–water partition coefficient (Wildman–Crippen LogP) is 0.714. The van der Waals surface area contributed by atoms with Gasteiger partial charge in [0.1, 0.15) is 0 Å². The molecule has 0 radical (unpaired) electrons. The number of urea groups is 1. The summed E-state index contributed by atoms with van der Waals surface area (Å²) in [6.07, 6.45) is 4.12. The van der Waals surface area contributed by atoms with Gasteiger partial charge in [0.05, 0.1) is 12.7 Å². The fourth-order valence-corrected chi connectivity index (χ4v) is 2.09. The van der Waals surface area contributed by atoms with E-state index in [0.717, 1.165) is 6.42 Å². The molecule has 0 bridgehead atoms. The van der Waals surface area contributed by atoms with Crippen LogP contribution in [0, 0.1) is 11.8 Å². The monoisotopic (exact) mass is 297 g/mol. The Hall–Kier alpha value is -2.12. The number of amides is 2. The van der Waals surface area contributed by atoms with Gasteiger partial charge in [0.2, 0.25) is 0 Å². The third-order valence-electron chi connectivity index (χ3n) is 2.92. The summed E-state index contributed by atoms with van der Waals surface area (Å²) in [5.74, 6) is -0.496. The van der Waals surface area contributed by atoms with Crippen LogP contribution in [0.3, 0.4) is 0 Å². The number of nitrogens with one attached hydrogen (secondary N) is 2. The van der Waals surface area contributed by atoms with Crippen LogP contribution in [0.15, 0.2) is 12.4 Å². The van der Waals surface area contributed by atoms with Gasteiger partial charge in [-0.05, 0) is 18.3 Å². The average molecular weight is 297 g/mol.